The maximum Gasteiger partial charge on any atom is 0.234 e. The number of thioether (sulfide) groups is 1. The number of ether oxygens (including phenoxy) is 1. The number of methoxy groups -OCH3 is 1. The van der Waals surface area contributed by atoms with Gasteiger partial charge >= 0.3 is 0 Å². The zero-order valence-corrected chi connectivity index (χ0v) is 17.5. The van der Waals surface area contributed by atoms with E-state index in [0.29, 0.717) is 33.2 Å². The predicted molar refractivity (Wildman–Crippen MR) is 116 cm³/mol. The molecule has 4 rings (SSSR count). The van der Waals surface area contributed by atoms with E-state index < -0.39 is 0 Å². The molecule has 2 aromatic carbocycles. The summed E-state index contributed by atoms with van der Waals surface area (Å²) in [5.41, 5.74) is 1.42. The lowest BCUT2D eigenvalue weighted by molar-refractivity contribution is -0.113. The Morgan fingerprint density at radius 3 is 2.67 bits per heavy atom. The number of hydrogen-bond donors (Lipinski definition) is 1. The normalized spacial score (nSPS) is 10.7. The summed E-state index contributed by atoms with van der Waals surface area (Å²) in [4.78, 5) is 12.5. The van der Waals surface area contributed by atoms with Crippen LogP contribution in [0.5, 0.6) is 5.75 Å². The lowest BCUT2D eigenvalue weighted by Gasteiger charge is -2.11. The van der Waals surface area contributed by atoms with Crippen molar-refractivity contribution in [2.75, 3.05) is 18.2 Å². The molecule has 4 aromatic rings. The second kappa shape index (κ2) is 9.06. The van der Waals surface area contributed by atoms with Gasteiger partial charge in [0, 0.05) is 10.7 Å². The second-order valence-electron chi connectivity index (χ2n) is 6.13. The molecule has 9 heteroatoms. The predicted octanol–water partition coefficient (Wildman–Crippen LogP) is 4.92. The van der Waals surface area contributed by atoms with Gasteiger partial charge in [-0.3, -0.25) is 9.36 Å². The molecule has 0 radical (unpaired) electrons. The van der Waals surface area contributed by atoms with Crippen LogP contribution in [0.25, 0.3) is 17.3 Å². The third-order valence-electron chi connectivity index (χ3n) is 4.17. The van der Waals surface area contributed by atoms with E-state index in [0.717, 1.165) is 5.69 Å². The Hall–Kier alpha value is -3.23. The largest absolute Gasteiger partial charge is 0.495 e. The zero-order chi connectivity index (χ0) is 20.9. The van der Waals surface area contributed by atoms with Gasteiger partial charge in [-0.1, -0.05) is 35.5 Å². The van der Waals surface area contributed by atoms with Crippen LogP contribution in [0.3, 0.4) is 0 Å². The van der Waals surface area contributed by atoms with E-state index in [1.54, 1.807) is 49.8 Å². The molecule has 2 aromatic heterocycles. The summed E-state index contributed by atoms with van der Waals surface area (Å²) in [5, 5.41) is 12.6. The number of amides is 1. The smallest absolute Gasteiger partial charge is 0.234 e. The van der Waals surface area contributed by atoms with Crippen LogP contribution >= 0.6 is 23.4 Å². The van der Waals surface area contributed by atoms with E-state index >= 15 is 0 Å². The molecule has 0 fully saturated rings. The van der Waals surface area contributed by atoms with Gasteiger partial charge in [-0.05, 0) is 48.5 Å². The maximum atomic E-state index is 12.5. The molecule has 0 aliphatic carbocycles. The van der Waals surface area contributed by atoms with Crippen molar-refractivity contribution in [3.63, 3.8) is 0 Å². The number of furan rings is 1. The average Bonchev–Trinajstić information content (AvgIpc) is 3.43. The minimum absolute atomic E-state index is 0.141. The quantitative estimate of drug-likeness (QED) is 0.411. The number of para-hydroxylation sites is 2. The molecule has 0 bridgehead atoms. The Morgan fingerprint density at radius 1 is 1.13 bits per heavy atom. The van der Waals surface area contributed by atoms with Crippen LogP contribution in [-0.4, -0.2) is 33.5 Å². The standard InChI is InChI=1S/C21H17ClN4O3S/c1-28-17-6-3-2-5-16(17)23-19(27)13-30-21-25-24-20(18-7-4-12-29-18)26(21)15-10-8-14(22)9-11-15/h2-12H,13H2,1H3,(H,23,27). The van der Waals surface area contributed by atoms with E-state index in [1.165, 1.54) is 11.8 Å². The molecule has 0 aliphatic rings. The lowest BCUT2D eigenvalue weighted by atomic mass is 10.3. The number of halogens is 1. The Labute approximate surface area is 182 Å². The number of hydrogen-bond acceptors (Lipinski definition) is 6. The van der Waals surface area contributed by atoms with Gasteiger partial charge in [0.15, 0.2) is 10.9 Å². The number of nitrogens with zero attached hydrogens (tertiary/aromatic N) is 3. The minimum atomic E-state index is -0.185. The van der Waals surface area contributed by atoms with Crippen molar-refractivity contribution in [3.05, 3.63) is 71.9 Å². The topological polar surface area (TPSA) is 82.2 Å². The van der Waals surface area contributed by atoms with Crippen LogP contribution in [-0.2, 0) is 4.79 Å². The van der Waals surface area contributed by atoms with Gasteiger partial charge in [-0.2, -0.15) is 0 Å². The fourth-order valence-corrected chi connectivity index (χ4v) is 3.69. The highest BCUT2D eigenvalue weighted by molar-refractivity contribution is 7.99. The number of carbonyl (C=O) groups is 1. The third-order valence-corrected chi connectivity index (χ3v) is 5.35. The van der Waals surface area contributed by atoms with E-state index in [1.807, 2.05) is 28.8 Å². The number of nitrogens with one attached hydrogen (secondary N) is 1. The molecule has 0 atom stereocenters. The van der Waals surface area contributed by atoms with Crippen LogP contribution < -0.4 is 10.1 Å². The molecule has 0 saturated heterocycles. The molecule has 0 saturated carbocycles. The molecule has 30 heavy (non-hydrogen) atoms. The molecule has 0 unspecified atom stereocenters. The van der Waals surface area contributed by atoms with Gasteiger partial charge in [-0.25, -0.2) is 0 Å². The van der Waals surface area contributed by atoms with Crippen LogP contribution in [0.15, 0.2) is 76.5 Å². The Morgan fingerprint density at radius 2 is 1.93 bits per heavy atom. The van der Waals surface area contributed by atoms with Gasteiger partial charge in [-0.15, -0.1) is 10.2 Å². The molecule has 2 heterocycles. The first-order valence-electron chi connectivity index (χ1n) is 8.96. The van der Waals surface area contributed by atoms with Crippen molar-refractivity contribution < 1.29 is 13.9 Å². The number of aromatic nitrogens is 3. The summed E-state index contributed by atoms with van der Waals surface area (Å²) in [5.74, 6) is 1.66. The van der Waals surface area contributed by atoms with Gasteiger partial charge in [0.2, 0.25) is 11.7 Å². The summed E-state index contributed by atoms with van der Waals surface area (Å²) < 4.78 is 12.6. The van der Waals surface area contributed by atoms with Gasteiger partial charge in [0.25, 0.3) is 0 Å². The third kappa shape index (κ3) is 4.34. The van der Waals surface area contributed by atoms with Crippen molar-refractivity contribution in [3.8, 4) is 23.0 Å². The highest BCUT2D eigenvalue weighted by Gasteiger charge is 2.19. The lowest BCUT2D eigenvalue weighted by Crippen LogP contribution is -2.15. The zero-order valence-electron chi connectivity index (χ0n) is 15.9. The van der Waals surface area contributed by atoms with Crippen LogP contribution in [0.2, 0.25) is 5.02 Å². The first kappa shape index (κ1) is 20.1. The Kier molecular flexibility index (Phi) is 6.06. The summed E-state index contributed by atoms with van der Waals surface area (Å²) >= 11 is 7.30. The molecular weight excluding hydrogens is 424 g/mol. The summed E-state index contributed by atoms with van der Waals surface area (Å²) in [7, 11) is 1.56. The molecule has 152 valence electrons. The fourth-order valence-electron chi connectivity index (χ4n) is 2.82. The monoisotopic (exact) mass is 440 g/mol. The summed E-state index contributed by atoms with van der Waals surface area (Å²) in [6.45, 7) is 0. The molecule has 1 amide bonds. The SMILES string of the molecule is COc1ccccc1NC(=O)CSc1nnc(-c2ccco2)n1-c1ccc(Cl)cc1. The first-order chi connectivity index (χ1) is 14.7. The fraction of sp³-hybridized carbons (Fsp3) is 0.0952. The van der Waals surface area contributed by atoms with Crippen molar-refractivity contribution in [2.45, 2.75) is 5.16 Å². The number of benzene rings is 2. The van der Waals surface area contributed by atoms with Crippen LogP contribution in [0.4, 0.5) is 5.69 Å². The highest BCUT2D eigenvalue weighted by Crippen LogP contribution is 2.29. The highest BCUT2D eigenvalue weighted by atomic mass is 35.5. The number of carbonyl (C=O) groups excluding carboxylic acids is 1. The Balaban J connectivity index is 1.57. The van der Waals surface area contributed by atoms with Crippen LogP contribution in [0, 0.1) is 0 Å². The number of rotatable bonds is 7. The van der Waals surface area contributed by atoms with Crippen molar-refractivity contribution >= 4 is 35.0 Å². The minimum Gasteiger partial charge on any atom is -0.495 e. The molecule has 1 N–H and O–H groups in total. The van der Waals surface area contributed by atoms with Gasteiger partial charge in [0.1, 0.15) is 5.75 Å². The molecule has 7 nitrogen and oxygen atoms in total. The second-order valence-corrected chi connectivity index (χ2v) is 7.51. The maximum absolute atomic E-state index is 12.5. The Bertz CT molecular complexity index is 1140. The molecule has 0 aliphatic heterocycles. The molecule has 0 spiro atoms. The van der Waals surface area contributed by atoms with Crippen molar-refractivity contribution in [1.29, 1.82) is 0 Å². The molecular formula is C21H17ClN4O3S. The average molecular weight is 441 g/mol. The van der Waals surface area contributed by atoms with Crippen molar-refractivity contribution in [2.24, 2.45) is 0 Å². The van der Waals surface area contributed by atoms with E-state index in [2.05, 4.69) is 15.5 Å². The summed E-state index contributed by atoms with van der Waals surface area (Å²) in [6, 6.07) is 18.1. The van der Waals surface area contributed by atoms with Gasteiger partial charge < -0.3 is 14.5 Å². The van der Waals surface area contributed by atoms with E-state index in [4.69, 9.17) is 20.8 Å². The van der Waals surface area contributed by atoms with E-state index in [9.17, 15) is 4.79 Å². The van der Waals surface area contributed by atoms with E-state index in [-0.39, 0.29) is 11.7 Å². The number of anilines is 1. The van der Waals surface area contributed by atoms with Crippen LogP contribution in [0.1, 0.15) is 0 Å². The van der Waals surface area contributed by atoms with Crippen molar-refractivity contribution in [1.82, 2.24) is 14.8 Å². The van der Waals surface area contributed by atoms with Gasteiger partial charge in [0.05, 0.1) is 24.8 Å². The first-order valence-corrected chi connectivity index (χ1v) is 10.3. The summed E-state index contributed by atoms with van der Waals surface area (Å²) in [6.07, 6.45) is 1.57.